The van der Waals surface area contributed by atoms with Crippen LogP contribution in [0.2, 0.25) is 0 Å². The third kappa shape index (κ3) is 4.50. The Labute approximate surface area is 167 Å². The van der Waals surface area contributed by atoms with Crippen LogP contribution in [0.1, 0.15) is 52.4 Å². The molecule has 0 spiro atoms. The summed E-state index contributed by atoms with van der Waals surface area (Å²) >= 11 is 0. The van der Waals surface area contributed by atoms with E-state index < -0.39 is 11.4 Å². The summed E-state index contributed by atoms with van der Waals surface area (Å²) < 4.78 is 0. The number of rotatable bonds is 7. The standard InChI is InChI=1S/C21H35N3O4/c1-15(2)5-9-22-19(26)16-6-10-24(11-7-16)18(25)13-23-12-17-4-3-8-21(17,14-23)20(27)28/h15-17H,3-14H2,1-2H3,(H,22,26)(H,27,28)/t17-,21+/m0/s1. The van der Waals surface area contributed by atoms with Gasteiger partial charge in [0, 0.05) is 38.6 Å². The number of hydrogen-bond acceptors (Lipinski definition) is 4. The second-order valence-corrected chi connectivity index (χ2v) is 9.35. The Bertz CT molecular complexity index is 600. The van der Waals surface area contributed by atoms with Crippen molar-refractivity contribution in [3.05, 3.63) is 0 Å². The SMILES string of the molecule is CC(C)CCNC(=O)C1CCN(C(=O)CN2C[C@@H]3CCC[C@@]3(C(=O)O)C2)CC1. The molecule has 2 saturated heterocycles. The number of carbonyl (C=O) groups is 3. The Morgan fingerprint density at radius 1 is 1.18 bits per heavy atom. The Balaban J connectivity index is 1.42. The molecule has 3 rings (SSSR count). The lowest BCUT2D eigenvalue weighted by molar-refractivity contribution is -0.149. The van der Waals surface area contributed by atoms with E-state index in [1.807, 2.05) is 9.80 Å². The molecule has 2 amide bonds. The monoisotopic (exact) mass is 393 g/mol. The molecule has 2 aliphatic heterocycles. The highest BCUT2D eigenvalue weighted by Gasteiger charge is 2.54. The number of piperidine rings is 1. The molecule has 0 bridgehead atoms. The van der Waals surface area contributed by atoms with Crippen LogP contribution in [0.3, 0.4) is 0 Å². The Morgan fingerprint density at radius 3 is 2.50 bits per heavy atom. The molecule has 2 heterocycles. The first-order valence-electron chi connectivity index (χ1n) is 10.8. The van der Waals surface area contributed by atoms with E-state index in [0.29, 0.717) is 51.5 Å². The van der Waals surface area contributed by atoms with E-state index in [2.05, 4.69) is 19.2 Å². The number of fused-ring (bicyclic) bond motifs is 1. The first-order chi connectivity index (χ1) is 13.3. The Hall–Kier alpha value is -1.63. The number of amides is 2. The number of hydrogen-bond donors (Lipinski definition) is 2. The average molecular weight is 394 g/mol. The summed E-state index contributed by atoms with van der Waals surface area (Å²) in [6.07, 6.45) is 5.06. The molecule has 2 atom stereocenters. The molecule has 28 heavy (non-hydrogen) atoms. The van der Waals surface area contributed by atoms with Gasteiger partial charge in [0.25, 0.3) is 0 Å². The molecule has 0 aromatic heterocycles. The fraction of sp³-hybridized carbons (Fsp3) is 0.857. The van der Waals surface area contributed by atoms with Crippen molar-refractivity contribution < 1.29 is 19.5 Å². The number of aliphatic carboxylic acids is 1. The van der Waals surface area contributed by atoms with Crippen molar-refractivity contribution in [2.75, 3.05) is 39.3 Å². The maximum Gasteiger partial charge on any atom is 0.311 e. The molecule has 7 nitrogen and oxygen atoms in total. The van der Waals surface area contributed by atoms with Crippen molar-refractivity contribution in [2.24, 2.45) is 23.2 Å². The fourth-order valence-corrected chi connectivity index (χ4v) is 5.17. The molecular formula is C21H35N3O4. The molecular weight excluding hydrogens is 358 g/mol. The summed E-state index contributed by atoms with van der Waals surface area (Å²) in [6.45, 7) is 7.74. The van der Waals surface area contributed by atoms with Gasteiger partial charge in [0.15, 0.2) is 0 Å². The maximum atomic E-state index is 12.7. The summed E-state index contributed by atoms with van der Waals surface area (Å²) in [7, 11) is 0. The van der Waals surface area contributed by atoms with Gasteiger partial charge in [-0.3, -0.25) is 19.3 Å². The van der Waals surface area contributed by atoms with Crippen LogP contribution in [0.15, 0.2) is 0 Å². The van der Waals surface area contributed by atoms with Crippen LogP contribution in [0.5, 0.6) is 0 Å². The average Bonchev–Trinajstić information content (AvgIpc) is 3.19. The molecule has 7 heteroatoms. The minimum Gasteiger partial charge on any atom is -0.481 e. The van der Waals surface area contributed by atoms with E-state index in [0.717, 1.165) is 32.2 Å². The van der Waals surface area contributed by atoms with Gasteiger partial charge in [0.05, 0.1) is 12.0 Å². The summed E-state index contributed by atoms with van der Waals surface area (Å²) in [5, 5.41) is 12.7. The van der Waals surface area contributed by atoms with E-state index in [1.165, 1.54) is 0 Å². The van der Waals surface area contributed by atoms with Crippen molar-refractivity contribution in [3.8, 4) is 0 Å². The molecule has 3 aliphatic rings. The third-order valence-electron chi connectivity index (χ3n) is 6.97. The van der Waals surface area contributed by atoms with E-state index in [4.69, 9.17) is 0 Å². The number of nitrogens with one attached hydrogen (secondary N) is 1. The molecule has 1 saturated carbocycles. The van der Waals surface area contributed by atoms with Crippen LogP contribution in [0, 0.1) is 23.2 Å². The normalized spacial score (nSPS) is 28.5. The number of nitrogens with zero attached hydrogens (tertiary/aromatic N) is 2. The van der Waals surface area contributed by atoms with Gasteiger partial charge in [0.1, 0.15) is 0 Å². The van der Waals surface area contributed by atoms with E-state index >= 15 is 0 Å². The summed E-state index contributed by atoms with van der Waals surface area (Å²) in [4.78, 5) is 40.6. The van der Waals surface area contributed by atoms with Gasteiger partial charge in [-0.15, -0.1) is 0 Å². The van der Waals surface area contributed by atoms with Crippen LogP contribution in [0.4, 0.5) is 0 Å². The molecule has 158 valence electrons. The largest absolute Gasteiger partial charge is 0.481 e. The van der Waals surface area contributed by atoms with Gasteiger partial charge in [-0.1, -0.05) is 20.3 Å². The molecule has 0 aromatic rings. The topological polar surface area (TPSA) is 90.0 Å². The predicted octanol–water partition coefficient (Wildman–Crippen LogP) is 1.57. The van der Waals surface area contributed by atoms with Crippen LogP contribution >= 0.6 is 0 Å². The van der Waals surface area contributed by atoms with E-state index in [9.17, 15) is 19.5 Å². The zero-order valence-corrected chi connectivity index (χ0v) is 17.3. The van der Waals surface area contributed by atoms with Crippen LogP contribution in [-0.4, -0.2) is 72.0 Å². The molecule has 3 fully saturated rings. The number of carbonyl (C=O) groups excluding carboxylic acids is 2. The molecule has 0 radical (unpaired) electrons. The highest BCUT2D eigenvalue weighted by Crippen LogP contribution is 2.48. The Kier molecular flexibility index (Phi) is 6.63. The molecule has 0 unspecified atom stereocenters. The van der Waals surface area contributed by atoms with Crippen LogP contribution in [-0.2, 0) is 14.4 Å². The zero-order valence-electron chi connectivity index (χ0n) is 17.3. The number of carboxylic acids is 1. The minimum absolute atomic E-state index is 0.00219. The van der Waals surface area contributed by atoms with Gasteiger partial charge in [0.2, 0.25) is 11.8 Å². The first kappa shape index (κ1) is 21.1. The first-order valence-corrected chi connectivity index (χ1v) is 10.8. The van der Waals surface area contributed by atoms with E-state index in [1.54, 1.807) is 0 Å². The highest BCUT2D eigenvalue weighted by atomic mass is 16.4. The van der Waals surface area contributed by atoms with Crippen molar-refractivity contribution in [2.45, 2.75) is 52.4 Å². The smallest absolute Gasteiger partial charge is 0.311 e. The van der Waals surface area contributed by atoms with Crippen molar-refractivity contribution in [1.29, 1.82) is 0 Å². The second-order valence-electron chi connectivity index (χ2n) is 9.35. The lowest BCUT2D eigenvalue weighted by atomic mass is 9.81. The van der Waals surface area contributed by atoms with Gasteiger partial charge >= 0.3 is 5.97 Å². The summed E-state index contributed by atoms with van der Waals surface area (Å²) in [6, 6.07) is 0. The van der Waals surface area contributed by atoms with Gasteiger partial charge in [-0.2, -0.15) is 0 Å². The third-order valence-corrected chi connectivity index (χ3v) is 6.97. The number of likely N-dealkylation sites (tertiary alicyclic amines) is 2. The lowest BCUT2D eigenvalue weighted by Crippen LogP contribution is -2.46. The second kappa shape index (κ2) is 8.80. The highest BCUT2D eigenvalue weighted by molar-refractivity contribution is 5.81. The van der Waals surface area contributed by atoms with Gasteiger partial charge in [-0.05, 0) is 43.9 Å². The minimum atomic E-state index is -0.700. The maximum absolute atomic E-state index is 12.7. The molecule has 2 N–H and O–H groups in total. The van der Waals surface area contributed by atoms with Gasteiger partial charge in [-0.25, -0.2) is 0 Å². The number of carboxylic acid groups (broad SMARTS) is 1. The fourth-order valence-electron chi connectivity index (χ4n) is 5.17. The molecule has 0 aromatic carbocycles. The van der Waals surface area contributed by atoms with Crippen molar-refractivity contribution in [3.63, 3.8) is 0 Å². The molecule has 1 aliphatic carbocycles. The van der Waals surface area contributed by atoms with Gasteiger partial charge < -0.3 is 15.3 Å². The van der Waals surface area contributed by atoms with Crippen molar-refractivity contribution >= 4 is 17.8 Å². The quantitative estimate of drug-likeness (QED) is 0.685. The van der Waals surface area contributed by atoms with Crippen LogP contribution in [0.25, 0.3) is 0 Å². The Morgan fingerprint density at radius 2 is 1.89 bits per heavy atom. The lowest BCUT2D eigenvalue weighted by Gasteiger charge is -2.32. The van der Waals surface area contributed by atoms with Crippen molar-refractivity contribution in [1.82, 2.24) is 15.1 Å². The van der Waals surface area contributed by atoms with Crippen LogP contribution < -0.4 is 5.32 Å². The van der Waals surface area contributed by atoms with E-state index in [-0.39, 0.29) is 23.7 Å². The predicted molar refractivity (Wildman–Crippen MR) is 106 cm³/mol. The zero-order chi connectivity index (χ0) is 20.3. The summed E-state index contributed by atoms with van der Waals surface area (Å²) in [5.41, 5.74) is -0.638. The summed E-state index contributed by atoms with van der Waals surface area (Å²) in [5.74, 6) is 0.234.